The van der Waals surface area contributed by atoms with E-state index in [1.54, 1.807) is 36.2 Å². The predicted octanol–water partition coefficient (Wildman–Crippen LogP) is 1.18. The summed E-state index contributed by atoms with van der Waals surface area (Å²) in [5.74, 6) is 0. The Bertz CT molecular complexity index is 627. The van der Waals surface area contributed by atoms with Crippen molar-refractivity contribution in [2.45, 2.75) is 24.6 Å². The second kappa shape index (κ2) is 6.29. The van der Waals surface area contributed by atoms with Gasteiger partial charge in [-0.15, -0.1) is 0 Å². The molecule has 3 rings (SSSR count). The van der Waals surface area contributed by atoms with E-state index < -0.39 is 17.9 Å². The lowest BCUT2D eigenvalue weighted by Crippen LogP contribution is -2.57. The number of aliphatic hydroxyl groups is 1. The molecule has 2 aliphatic rings. The Kier molecular flexibility index (Phi) is 4.33. The molecule has 2 heterocycles. The van der Waals surface area contributed by atoms with Gasteiger partial charge in [0.2, 0.25) is 0 Å². The van der Waals surface area contributed by atoms with Gasteiger partial charge in [-0.05, 0) is 50.2 Å². The van der Waals surface area contributed by atoms with Gasteiger partial charge in [-0.3, -0.25) is 15.1 Å². The summed E-state index contributed by atoms with van der Waals surface area (Å²) < 4.78 is 4.56. The van der Waals surface area contributed by atoms with Crippen LogP contribution in [0.1, 0.15) is 12.8 Å². The normalized spacial score (nSPS) is 22.8. The second-order valence-electron chi connectivity index (χ2n) is 6.12. The molecule has 2 saturated heterocycles. The van der Waals surface area contributed by atoms with Crippen LogP contribution in [0.5, 0.6) is 0 Å². The van der Waals surface area contributed by atoms with E-state index in [0.29, 0.717) is 24.2 Å². The number of benzene rings is 1. The smallest absolute Gasteiger partial charge is 0.411 e. The number of hydrogen-bond acceptors (Lipinski definition) is 5. The number of amides is 3. The summed E-state index contributed by atoms with van der Waals surface area (Å²) in [6, 6.07) is 6.72. The maximum absolute atomic E-state index is 12.7. The summed E-state index contributed by atoms with van der Waals surface area (Å²) in [6.07, 6.45) is -0.0521. The third-order valence-corrected chi connectivity index (χ3v) is 4.81. The van der Waals surface area contributed by atoms with Crippen LogP contribution in [-0.4, -0.2) is 61.1 Å². The highest BCUT2D eigenvalue weighted by molar-refractivity contribution is 5.97. The number of urea groups is 1. The van der Waals surface area contributed by atoms with Gasteiger partial charge in [0.25, 0.3) is 0 Å². The molecular weight excluding hydrogens is 312 g/mol. The van der Waals surface area contributed by atoms with Crippen molar-refractivity contribution in [3.63, 3.8) is 0 Å². The number of nitrogens with zero attached hydrogens (tertiary/aromatic N) is 2. The van der Waals surface area contributed by atoms with Crippen LogP contribution in [0.25, 0.3) is 0 Å². The van der Waals surface area contributed by atoms with Gasteiger partial charge in [0.05, 0.1) is 12.6 Å². The Morgan fingerprint density at radius 2 is 1.96 bits per heavy atom. The van der Waals surface area contributed by atoms with Crippen LogP contribution in [0.15, 0.2) is 24.3 Å². The molecule has 1 unspecified atom stereocenters. The molecule has 0 aliphatic carbocycles. The number of nitrogens with one attached hydrogen (secondary N) is 2. The van der Waals surface area contributed by atoms with Gasteiger partial charge in [-0.25, -0.2) is 9.59 Å². The van der Waals surface area contributed by atoms with Crippen LogP contribution in [0.4, 0.5) is 21.0 Å². The molecule has 0 bridgehead atoms. The number of anilines is 2. The van der Waals surface area contributed by atoms with E-state index in [4.69, 9.17) is 0 Å². The number of aliphatic hydroxyl groups excluding tert-OH is 1. The molecule has 8 heteroatoms. The molecular formula is C16H22N4O4. The minimum atomic E-state index is -0.847. The molecule has 0 aromatic heterocycles. The molecule has 1 aromatic carbocycles. The SMILES string of the molecule is COC(=O)Nc1ccc(N2C(=O)N(C)C(O)C23CCNCC3)cc1. The fourth-order valence-corrected chi connectivity index (χ4v) is 3.50. The lowest BCUT2D eigenvalue weighted by molar-refractivity contribution is 0.00651. The standard InChI is InChI=1S/C16H22N4O4/c1-19-13(21)16(7-9-17-10-8-16)20(15(19)23)12-5-3-11(4-6-12)18-14(22)24-2/h3-6,13,17,21H,7-10H2,1-2H3,(H,18,22). The maximum atomic E-state index is 12.7. The highest BCUT2D eigenvalue weighted by Gasteiger charge is 2.56. The highest BCUT2D eigenvalue weighted by Crippen LogP contribution is 2.41. The van der Waals surface area contributed by atoms with Crippen LogP contribution in [0.3, 0.4) is 0 Å². The predicted molar refractivity (Wildman–Crippen MR) is 88.9 cm³/mol. The van der Waals surface area contributed by atoms with Crippen molar-refractivity contribution in [1.29, 1.82) is 0 Å². The number of ether oxygens (including phenoxy) is 1. The summed E-state index contributed by atoms with van der Waals surface area (Å²) in [5.41, 5.74) is 0.639. The first kappa shape index (κ1) is 16.5. The van der Waals surface area contributed by atoms with Gasteiger partial charge in [0.15, 0.2) is 6.23 Å². The van der Waals surface area contributed by atoms with Gasteiger partial charge in [-0.1, -0.05) is 0 Å². The number of methoxy groups -OCH3 is 1. The molecule has 24 heavy (non-hydrogen) atoms. The number of likely N-dealkylation sites (N-methyl/N-ethyl adjacent to an activating group) is 1. The Hall–Kier alpha value is -2.32. The van der Waals surface area contributed by atoms with E-state index in [0.717, 1.165) is 13.1 Å². The molecule has 0 saturated carbocycles. The summed E-state index contributed by atoms with van der Waals surface area (Å²) in [4.78, 5) is 27.0. The number of carbonyl (C=O) groups excluding carboxylic acids is 2. The molecule has 1 aromatic rings. The lowest BCUT2D eigenvalue weighted by Gasteiger charge is -2.42. The average Bonchev–Trinajstić information content (AvgIpc) is 2.78. The maximum Gasteiger partial charge on any atom is 0.411 e. The van der Waals surface area contributed by atoms with E-state index in [1.807, 2.05) is 0 Å². The quantitative estimate of drug-likeness (QED) is 0.755. The zero-order valence-corrected chi connectivity index (χ0v) is 13.8. The third kappa shape index (κ3) is 2.57. The Morgan fingerprint density at radius 3 is 2.54 bits per heavy atom. The molecule has 0 radical (unpaired) electrons. The largest absolute Gasteiger partial charge is 0.453 e. The topological polar surface area (TPSA) is 94.1 Å². The molecule has 130 valence electrons. The first-order valence-corrected chi connectivity index (χ1v) is 7.90. The molecule has 8 nitrogen and oxygen atoms in total. The zero-order valence-electron chi connectivity index (χ0n) is 13.8. The van der Waals surface area contributed by atoms with Gasteiger partial charge >= 0.3 is 12.1 Å². The van der Waals surface area contributed by atoms with Gasteiger partial charge in [0, 0.05) is 18.4 Å². The Labute approximate surface area is 140 Å². The fourth-order valence-electron chi connectivity index (χ4n) is 3.50. The van der Waals surface area contributed by atoms with Crippen LogP contribution in [0, 0.1) is 0 Å². The van der Waals surface area contributed by atoms with Crippen molar-refractivity contribution < 1.29 is 19.4 Å². The monoisotopic (exact) mass is 334 g/mol. The fraction of sp³-hybridized carbons (Fsp3) is 0.500. The van der Waals surface area contributed by atoms with Gasteiger partial charge in [0.1, 0.15) is 0 Å². The highest BCUT2D eigenvalue weighted by atomic mass is 16.5. The average molecular weight is 334 g/mol. The molecule has 2 fully saturated rings. The number of piperidine rings is 1. The van der Waals surface area contributed by atoms with E-state index in [-0.39, 0.29) is 6.03 Å². The van der Waals surface area contributed by atoms with Crippen molar-refractivity contribution >= 4 is 23.5 Å². The molecule has 2 aliphatic heterocycles. The number of carbonyl (C=O) groups is 2. The van der Waals surface area contributed by atoms with Crippen molar-refractivity contribution in [2.75, 3.05) is 37.5 Å². The van der Waals surface area contributed by atoms with E-state index in [1.165, 1.54) is 12.0 Å². The minimum Gasteiger partial charge on any atom is -0.453 e. The van der Waals surface area contributed by atoms with Gasteiger partial charge in [-0.2, -0.15) is 0 Å². The first-order valence-electron chi connectivity index (χ1n) is 7.90. The third-order valence-electron chi connectivity index (χ3n) is 4.81. The van der Waals surface area contributed by atoms with Crippen LogP contribution in [0.2, 0.25) is 0 Å². The zero-order chi connectivity index (χ0) is 17.3. The van der Waals surface area contributed by atoms with Crippen molar-refractivity contribution in [3.05, 3.63) is 24.3 Å². The molecule has 1 atom stereocenters. The van der Waals surface area contributed by atoms with Crippen molar-refractivity contribution in [1.82, 2.24) is 10.2 Å². The van der Waals surface area contributed by atoms with Crippen molar-refractivity contribution in [3.8, 4) is 0 Å². The number of rotatable bonds is 2. The van der Waals surface area contributed by atoms with Crippen molar-refractivity contribution in [2.24, 2.45) is 0 Å². The first-order chi connectivity index (χ1) is 11.5. The van der Waals surface area contributed by atoms with Crippen LogP contribution < -0.4 is 15.5 Å². The number of hydrogen-bond donors (Lipinski definition) is 3. The second-order valence-corrected chi connectivity index (χ2v) is 6.12. The van der Waals surface area contributed by atoms with Crippen LogP contribution in [-0.2, 0) is 4.74 Å². The summed E-state index contributed by atoms with van der Waals surface area (Å²) in [5, 5.41) is 16.5. The summed E-state index contributed by atoms with van der Waals surface area (Å²) in [7, 11) is 2.91. The summed E-state index contributed by atoms with van der Waals surface area (Å²) >= 11 is 0. The van der Waals surface area contributed by atoms with Crippen LogP contribution >= 0.6 is 0 Å². The molecule has 3 N–H and O–H groups in total. The minimum absolute atomic E-state index is 0.224. The molecule has 1 spiro atoms. The molecule has 3 amide bonds. The van der Waals surface area contributed by atoms with E-state index in [9.17, 15) is 14.7 Å². The van der Waals surface area contributed by atoms with E-state index in [2.05, 4.69) is 15.4 Å². The summed E-state index contributed by atoms with van der Waals surface area (Å²) in [6.45, 7) is 1.49. The van der Waals surface area contributed by atoms with E-state index >= 15 is 0 Å². The Balaban J connectivity index is 1.90. The Morgan fingerprint density at radius 1 is 1.33 bits per heavy atom. The lowest BCUT2D eigenvalue weighted by atomic mass is 9.85. The van der Waals surface area contributed by atoms with Gasteiger partial charge < -0.3 is 15.2 Å².